The molecule has 4 aromatic rings. The zero-order valence-corrected chi connectivity index (χ0v) is 24.8. The van der Waals surface area contributed by atoms with Crippen molar-refractivity contribution in [3.05, 3.63) is 153 Å². The van der Waals surface area contributed by atoms with E-state index < -0.39 is 5.41 Å². The maximum absolute atomic E-state index is 7.17. The first-order valence-electron chi connectivity index (χ1n) is 11.3. The molecule has 0 N–H and O–H groups in total. The van der Waals surface area contributed by atoms with Gasteiger partial charge in [0.1, 0.15) is 0 Å². The maximum Gasteiger partial charge on any atom is 2.00 e. The van der Waals surface area contributed by atoms with Crippen LogP contribution in [0.15, 0.2) is 115 Å². The second kappa shape index (κ2) is 11.8. The van der Waals surface area contributed by atoms with E-state index in [1.165, 1.54) is 44.5 Å². The molecule has 0 unspecified atom stereocenters. The summed E-state index contributed by atoms with van der Waals surface area (Å²) in [5.74, 6) is 0. The van der Waals surface area contributed by atoms with Gasteiger partial charge in [-0.15, -0.1) is 0 Å². The van der Waals surface area contributed by atoms with Gasteiger partial charge in [-0.3, -0.25) is 0 Å². The van der Waals surface area contributed by atoms with E-state index in [1.54, 1.807) is 0 Å². The fourth-order valence-electron chi connectivity index (χ4n) is 5.71. The molecule has 178 valence electrons. The molecular weight excluding hydrogens is 605 g/mol. The molecule has 0 amide bonds. The largest absolute Gasteiger partial charge is 2.00 e. The minimum absolute atomic E-state index is 0. The zero-order chi connectivity index (χ0) is 22.4. The summed E-state index contributed by atoms with van der Waals surface area (Å²) in [6, 6.07) is 32.1. The molecule has 0 radical (unpaired) electrons. The monoisotopic (exact) mass is 624 g/mol. The van der Waals surface area contributed by atoms with E-state index in [1.807, 2.05) is 6.07 Å². The zero-order valence-electron chi connectivity index (χ0n) is 19.3. The van der Waals surface area contributed by atoms with Crippen LogP contribution < -0.4 is 24.8 Å². The first kappa shape index (κ1) is 29.0. The summed E-state index contributed by atoms with van der Waals surface area (Å²) in [4.78, 5) is 0. The molecule has 0 aromatic heterocycles. The Labute approximate surface area is 254 Å². The Balaban J connectivity index is 0.00000120. The molecule has 0 heterocycles. The molecule has 0 spiro atoms. The normalized spacial score (nSPS) is 13.0. The van der Waals surface area contributed by atoms with Crippen molar-refractivity contribution in [2.75, 3.05) is 0 Å². The van der Waals surface area contributed by atoms with Crippen molar-refractivity contribution in [2.24, 2.45) is 0 Å². The van der Waals surface area contributed by atoms with Crippen LogP contribution in [0.25, 0.3) is 11.1 Å². The smallest absolute Gasteiger partial charge is 1.00 e. The summed E-state index contributed by atoms with van der Waals surface area (Å²) in [6.45, 7) is 0. The molecular formula is C31H22Cl4Zr. The second-order valence-corrected chi connectivity index (χ2v) is 9.58. The van der Waals surface area contributed by atoms with Gasteiger partial charge in [-0.05, 0) is 75.6 Å². The number of fused-ring (bicyclic) bond motifs is 3. The summed E-state index contributed by atoms with van der Waals surface area (Å²) in [5, 5.41) is 1.57. The average Bonchev–Trinajstić information content (AvgIpc) is 3.50. The van der Waals surface area contributed by atoms with E-state index in [9.17, 15) is 0 Å². The Morgan fingerprint density at radius 2 is 1.31 bits per heavy atom. The van der Waals surface area contributed by atoms with Crippen LogP contribution in [0.1, 0.15) is 34.2 Å². The Kier molecular flexibility index (Phi) is 9.53. The van der Waals surface area contributed by atoms with Crippen LogP contribution >= 0.6 is 23.2 Å². The Morgan fingerprint density at radius 3 is 1.89 bits per heavy atom. The molecule has 2 aliphatic rings. The fourth-order valence-corrected chi connectivity index (χ4v) is 6.22. The fraction of sp³-hybridized carbons (Fsp3) is 0.0968. The third kappa shape index (κ3) is 4.59. The van der Waals surface area contributed by atoms with Crippen LogP contribution in [-0.4, -0.2) is 0 Å². The molecule has 6 rings (SSSR count). The number of hydrogen-bond donors (Lipinski definition) is 0. The summed E-state index contributed by atoms with van der Waals surface area (Å²) in [7, 11) is 0. The molecule has 2 aliphatic carbocycles. The van der Waals surface area contributed by atoms with Gasteiger partial charge in [-0.1, -0.05) is 114 Å². The molecule has 0 bridgehead atoms. The van der Waals surface area contributed by atoms with E-state index in [4.69, 9.17) is 23.2 Å². The predicted octanol–water partition coefficient (Wildman–Crippen LogP) is 2.79. The average molecular weight is 628 g/mol. The van der Waals surface area contributed by atoms with E-state index >= 15 is 0 Å². The Morgan fingerprint density at radius 1 is 0.694 bits per heavy atom. The van der Waals surface area contributed by atoms with Gasteiger partial charge >= 0.3 is 26.2 Å². The van der Waals surface area contributed by atoms with Gasteiger partial charge in [0.05, 0.1) is 5.41 Å². The van der Waals surface area contributed by atoms with Gasteiger partial charge in [0.2, 0.25) is 0 Å². The van der Waals surface area contributed by atoms with Crippen LogP contribution in [0.4, 0.5) is 0 Å². The van der Waals surface area contributed by atoms with Crippen LogP contribution in [0.5, 0.6) is 0 Å². The number of hydrogen-bond acceptors (Lipinski definition) is 0. The number of rotatable bonds is 4. The van der Waals surface area contributed by atoms with E-state index in [0.717, 1.165) is 22.9 Å². The van der Waals surface area contributed by atoms with Crippen LogP contribution in [-0.2, 0) is 38.0 Å². The minimum Gasteiger partial charge on any atom is -1.00 e. The van der Waals surface area contributed by atoms with Gasteiger partial charge in [0, 0.05) is 10.0 Å². The number of benzene rings is 4. The summed E-state index contributed by atoms with van der Waals surface area (Å²) in [6.07, 6.45) is 8.39. The summed E-state index contributed by atoms with van der Waals surface area (Å²) < 4.78 is 0. The topological polar surface area (TPSA) is 0 Å². The molecule has 0 atom stereocenters. The van der Waals surface area contributed by atoms with Gasteiger partial charge in [0.25, 0.3) is 0 Å². The first-order valence-corrected chi connectivity index (χ1v) is 12.0. The van der Waals surface area contributed by atoms with E-state index in [-0.39, 0.29) is 51.0 Å². The van der Waals surface area contributed by atoms with Gasteiger partial charge in [-0.25, -0.2) is 0 Å². The SMILES string of the molecule is Clc1ccc2c(c1)Cc1c-2ccc(Cl)c1C(C1=CC=CC1)(c1ccccc1)c1ccccc1.[Cl-].[Cl-].[Zr+2]. The summed E-state index contributed by atoms with van der Waals surface area (Å²) >= 11 is 13.6. The third-order valence-electron chi connectivity index (χ3n) is 7.03. The van der Waals surface area contributed by atoms with E-state index in [2.05, 4.69) is 103 Å². The van der Waals surface area contributed by atoms with Gasteiger partial charge in [-0.2, -0.15) is 0 Å². The molecule has 0 saturated heterocycles. The molecule has 0 aliphatic heterocycles. The number of allylic oxidation sites excluding steroid dienone is 4. The molecule has 0 saturated carbocycles. The molecule has 36 heavy (non-hydrogen) atoms. The predicted molar refractivity (Wildman–Crippen MR) is 139 cm³/mol. The van der Waals surface area contributed by atoms with Gasteiger partial charge in [0.15, 0.2) is 0 Å². The quantitative estimate of drug-likeness (QED) is 0.269. The second-order valence-electron chi connectivity index (χ2n) is 8.73. The number of halogens is 4. The van der Waals surface area contributed by atoms with E-state index in [0.29, 0.717) is 0 Å². The Hall–Kier alpha value is -1.60. The van der Waals surface area contributed by atoms with Crippen LogP contribution in [0, 0.1) is 0 Å². The minimum atomic E-state index is -0.486. The molecule has 5 heteroatoms. The van der Waals surface area contributed by atoms with Crippen LogP contribution in [0.3, 0.4) is 0 Å². The third-order valence-corrected chi connectivity index (χ3v) is 7.58. The van der Waals surface area contributed by atoms with Gasteiger partial charge < -0.3 is 24.8 Å². The van der Waals surface area contributed by atoms with Crippen LogP contribution in [0.2, 0.25) is 10.0 Å². The Bertz CT molecular complexity index is 1390. The van der Waals surface area contributed by atoms with Crippen molar-refractivity contribution >= 4 is 23.2 Å². The maximum atomic E-state index is 7.17. The van der Waals surface area contributed by atoms with Crippen molar-refractivity contribution < 1.29 is 51.0 Å². The van der Waals surface area contributed by atoms with Crippen molar-refractivity contribution in [2.45, 2.75) is 18.3 Å². The van der Waals surface area contributed by atoms with Crippen molar-refractivity contribution in [3.8, 4) is 11.1 Å². The van der Waals surface area contributed by atoms with Crippen molar-refractivity contribution in [1.29, 1.82) is 0 Å². The molecule has 0 fully saturated rings. The molecule has 4 aromatic carbocycles. The van der Waals surface area contributed by atoms with Crippen molar-refractivity contribution in [3.63, 3.8) is 0 Å². The van der Waals surface area contributed by atoms with Crippen molar-refractivity contribution in [1.82, 2.24) is 0 Å². The first-order chi connectivity index (χ1) is 16.2. The molecule has 0 nitrogen and oxygen atoms in total. The standard InChI is InChI=1S/C31H22Cl2.2ClH.Zr/c32-25-15-16-26-21(19-25)20-28-27(26)17-18-29(33)30(28)31(24-13-7-8-14-24,22-9-3-1-4-10-22)23-11-5-2-6-12-23;;;/h1-13,15-19H,14,20H2;2*1H;/q;;;+2/p-2. The summed E-state index contributed by atoms with van der Waals surface area (Å²) in [5.41, 5.74) is 9.55.